The Labute approximate surface area is 143 Å². The van der Waals surface area contributed by atoms with E-state index >= 15 is 0 Å². The van der Waals surface area contributed by atoms with Crippen molar-refractivity contribution in [2.75, 3.05) is 7.11 Å². The van der Waals surface area contributed by atoms with Crippen LogP contribution in [0.5, 0.6) is 0 Å². The molecule has 124 valence electrons. The van der Waals surface area contributed by atoms with E-state index in [1.165, 1.54) is 25.1 Å². The smallest absolute Gasteiger partial charge is 0.374 e. The van der Waals surface area contributed by atoms with Crippen LogP contribution < -0.4 is 0 Å². The number of rotatable bonds is 5. The van der Waals surface area contributed by atoms with Crippen molar-refractivity contribution in [3.63, 3.8) is 0 Å². The third kappa shape index (κ3) is 3.33. The first-order valence-corrected chi connectivity index (χ1v) is 8.22. The Morgan fingerprint density at radius 1 is 1.29 bits per heavy atom. The van der Waals surface area contributed by atoms with Gasteiger partial charge in [-0.2, -0.15) is 5.10 Å². The second-order valence-corrected chi connectivity index (χ2v) is 6.12. The first-order valence-electron chi connectivity index (χ1n) is 7.23. The van der Waals surface area contributed by atoms with Gasteiger partial charge in [0.2, 0.25) is 5.76 Å². The van der Waals surface area contributed by atoms with E-state index in [0.717, 1.165) is 22.0 Å². The number of carbonyl (C=O) groups is 1. The molecule has 0 amide bonds. The van der Waals surface area contributed by atoms with Crippen molar-refractivity contribution >= 4 is 17.7 Å². The van der Waals surface area contributed by atoms with E-state index in [0.29, 0.717) is 11.6 Å². The largest absolute Gasteiger partial charge is 0.463 e. The maximum Gasteiger partial charge on any atom is 0.374 e. The summed E-state index contributed by atoms with van der Waals surface area (Å²) in [5, 5.41) is 13.5. The highest BCUT2D eigenvalue weighted by Gasteiger charge is 2.16. The topological polar surface area (TPSA) is 83.0 Å². The lowest BCUT2D eigenvalue weighted by Gasteiger charge is -2.04. The summed E-state index contributed by atoms with van der Waals surface area (Å²) in [6, 6.07) is 7.47. The SMILES string of the molecule is COC(=O)c1occc1CSc1ccc(-n2nc(C)cc2C)nn1. The molecule has 0 spiro atoms. The van der Waals surface area contributed by atoms with Gasteiger partial charge < -0.3 is 9.15 Å². The van der Waals surface area contributed by atoms with E-state index in [-0.39, 0.29) is 5.76 Å². The van der Waals surface area contributed by atoms with E-state index in [1.54, 1.807) is 10.7 Å². The molecule has 0 aliphatic heterocycles. The zero-order valence-electron chi connectivity index (χ0n) is 13.5. The lowest BCUT2D eigenvalue weighted by molar-refractivity contribution is 0.0564. The van der Waals surface area contributed by atoms with Crippen molar-refractivity contribution in [2.45, 2.75) is 24.6 Å². The molecule has 3 aromatic heterocycles. The Morgan fingerprint density at radius 2 is 2.12 bits per heavy atom. The number of aromatic nitrogens is 4. The Morgan fingerprint density at radius 3 is 2.75 bits per heavy atom. The van der Waals surface area contributed by atoms with Gasteiger partial charge in [-0.05, 0) is 38.1 Å². The molecule has 8 heteroatoms. The van der Waals surface area contributed by atoms with Crippen LogP contribution in [0.15, 0.2) is 40.0 Å². The molecular weight excluding hydrogens is 328 g/mol. The normalized spacial score (nSPS) is 10.8. The molecule has 7 nitrogen and oxygen atoms in total. The fourth-order valence-electron chi connectivity index (χ4n) is 2.24. The van der Waals surface area contributed by atoms with Gasteiger partial charge in [0.15, 0.2) is 5.82 Å². The maximum absolute atomic E-state index is 11.6. The Balaban J connectivity index is 1.70. The molecule has 3 aromatic rings. The zero-order chi connectivity index (χ0) is 17.1. The first-order chi connectivity index (χ1) is 11.6. The summed E-state index contributed by atoms with van der Waals surface area (Å²) in [7, 11) is 1.32. The zero-order valence-corrected chi connectivity index (χ0v) is 14.3. The minimum Gasteiger partial charge on any atom is -0.463 e. The van der Waals surface area contributed by atoms with Crippen molar-refractivity contribution in [1.82, 2.24) is 20.0 Å². The van der Waals surface area contributed by atoms with E-state index < -0.39 is 5.97 Å². The molecule has 24 heavy (non-hydrogen) atoms. The number of ether oxygens (including phenoxy) is 1. The van der Waals surface area contributed by atoms with Gasteiger partial charge in [0.25, 0.3) is 0 Å². The van der Waals surface area contributed by atoms with Crippen LogP contribution in [-0.4, -0.2) is 33.1 Å². The predicted molar refractivity (Wildman–Crippen MR) is 88.2 cm³/mol. The minimum atomic E-state index is -0.485. The van der Waals surface area contributed by atoms with E-state index in [4.69, 9.17) is 4.42 Å². The van der Waals surface area contributed by atoms with E-state index in [2.05, 4.69) is 20.0 Å². The van der Waals surface area contributed by atoms with Crippen molar-refractivity contribution < 1.29 is 13.9 Å². The molecule has 3 rings (SSSR count). The number of nitrogens with zero attached hydrogens (tertiary/aromatic N) is 4. The molecule has 0 saturated heterocycles. The Kier molecular flexibility index (Phi) is 4.66. The van der Waals surface area contributed by atoms with Crippen LogP contribution in [-0.2, 0) is 10.5 Å². The van der Waals surface area contributed by atoms with Gasteiger partial charge in [-0.15, -0.1) is 10.2 Å². The lowest BCUT2D eigenvalue weighted by Crippen LogP contribution is -2.04. The maximum atomic E-state index is 11.6. The molecule has 0 N–H and O–H groups in total. The monoisotopic (exact) mass is 344 g/mol. The van der Waals surface area contributed by atoms with Crippen LogP contribution in [0.3, 0.4) is 0 Å². The summed E-state index contributed by atoms with van der Waals surface area (Å²) >= 11 is 1.46. The number of aryl methyl sites for hydroxylation is 2. The number of hydrogen-bond donors (Lipinski definition) is 0. The van der Waals surface area contributed by atoms with Crippen LogP contribution in [0.25, 0.3) is 5.82 Å². The summed E-state index contributed by atoms with van der Waals surface area (Å²) in [6.45, 7) is 3.91. The summed E-state index contributed by atoms with van der Waals surface area (Å²) in [5.74, 6) is 0.941. The third-order valence-corrected chi connectivity index (χ3v) is 4.31. The van der Waals surface area contributed by atoms with Gasteiger partial charge >= 0.3 is 5.97 Å². The second kappa shape index (κ2) is 6.88. The molecular formula is C16H16N4O3S. The van der Waals surface area contributed by atoms with Gasteiger partial charge in [0.1, 0.15) is 5.03 Å². The predicted octanol–water partition coefficient (Wildman–Crippen LogP) is 2.95. The van der Waals surface area contributed by atoms with Crippen molar-refractivity contribution in [1.29, 1.82) is 0 Å². The molecule has 0 aromatic carbocycles. The minimum absolute atomic E-state index is 0.220. The molecule has 0 atom stereocenters. The molecule has 0 aliphatic rings. The highest BCUT2D eigenvalue weighted by atomic mass is 32.2. The van der Waals surface area contributed by atoms with Crippen LogP contribution in [0.4, 0.5) is 0 Å². The van der Waals surface area contributed by atoms with E-state index in [9.17, 15) is 4.79 Å². The molecule has 0 saturated carbocycles. The molecule has 0 radical (unpaired) electrons. The number of carbonyl (C=O) groups excluding carboxylic acids is 1. The average Bonchev–Trinajstić information content (AvgIpc) is 3.18. The van der Waals surface area contributed by atoms with Crippen molar-refractivity contribution in [2.24, 2.45) is 0 Å². The summed E-state index contributed by atoms with van der Waals surface area (Å²) in [6.07, 6.45) is 1.47. The highest BCUT2D eigenvalue weighted by Crippen LogP contribution is 2.24. The standard InChI is InChI=1S/C16H16N4O3S/c1-10-8-11(2)20(19-10)13-4-5-14(18-17-13)24-9-12-6-7-23-15(12)16(21)22-3/h4-8H,9H2,1-3H3. The third-order valence-electron chi connectivity index (χ3n) is 3.35. The number of furan rings is 1. The average molecular weight is 344 g/mol. The van der Waals surface area contributed by atoms with Crippen LogP contribution >= 0.6 is 11.8 Å². The van der Waals surface area contributed by atoms with Crippen LogP contribution in [0.2, 0.25) is 0 Å². The van der Waals surface area contributed by atoms with Crippen molar-refractivity contribution in [3.05, 3.63) is 53.2 Å². The summed E-state index contributed by atoms with van der Waals surface area (Å²) in [4.78, 5) is 11.6. The van der Waals surface area contributed by atoms with Gasteiger partial charge in [0.05, 0.1) is 19.1 Å². The number of thioether (sulfide) groups is 1. The fraction of sp³-hybridized carbons (Fsp3) is 0.250. The number of hydrogen-bond acceptors (Lipinski definition) is 7. The molecule has 0 unspecified atom stereocenters. The lowest BCUT2D eigenvalue weighted by atomic mass is 10.3. The summed E-state index contributed by atoms with van der Waals surface area (Å²) in [5.41, 5.74) is 2.70. The molecule has 3 heterocycles. The van der Waals surface area contributed by atoms with Gasteiger partial charge in [-0.3, -0.25) is 0 Å². The number of methoxy groups -OCH3 is 1. The number of esters is 1. The van der Waals surface area contributed by atoms with Crippen molar-refractivity contribution in [3.8, 4) is 5.82 Å². The van der Waals surface area contributed by atoms with Crippen LogP contribution in [0, 0.1) is 13.8 Å². The fourth-order valence-corrected chi connectivity index (χ4v) is 3.03. The van der Waals surface area contributed by atoms with Gasteiger partial charge in [-0.1, -0.05) is 11.8 Å². The van der Waals surface area contributed by atoms with E-state index in [1.807, 2.05) is 32.0 Å². The van der Waals surface area contributed by atoms with Crippen LogP contribution in [0.1, 0.15) is 27.5 Å². The highest BCUT2D eigenvalue weighted by molar-refractivity contribution is 7.98. The molecule has 0 bridgehead atoms. The Bertz CT molecular complexity index is 855. The van der Waals surface area contributed by atoms with Gasteiger partial charge in [-0.25, -0.2) is 9.48 Å². The molecule has 0 fully saturated rings. The quantitative estimate of drug-likeness (QED) is 0.520. The summed E-state index contributed by atoms with van der Waals surface area (Å²) < 4.78 is 11.6. The van der Waals surface area contributed by atoms with Gasteiger partial charge in [0, 0.05) is 17.0 Å². The Hall–Kier alpha value is -2.61. The molecule has 0 aliphatic carbocycles. The second-order valence-electron chi connectivity index (χ2n) is 5.12. The first kappa shape index (κ1) is 16.3.